The number of nitrogens with zero attached hydrogens (tertiary/aromatic N) is 1. The topological polar surface area (TPSA) is 51.2 Å². The van der Waals surface area contributed by atoms with E-state index in [2.05, 4.69) is 10.3 Å². The Morgan fingerprint density at radius 2 is 1.86 bits per heavy atom. The number of hydrogen-bond donors (Lipinski definition) is 1. The molecule has 4 nitrogen and oxygen atoms in total. The van der Waals surface area contributed by atoms with Crippen LogP contribution in [-0.4, -0.2) is 17.0 Å². The largest absolute Gasteiger partial charge is 0.490 e. The Morgan fingerprint density at radius 3 is 2.48 bits per heavy atom. The second-order valence-electron chi connectivity index (χ2n) is 5.21. The van der Waals surface area contributed by atoms with Crippen molar-refractivity contribution >= 4 is 11.6 Å². The van der Waals surface area contributed by atoms with Crippen LogP contribution in [0.2, 0.25) is 0 Å². The predicted octanol–water partition coefficient (Wildman–Crippen LogP) is 3.74. The summed E-state index contributed by atoms with van der Waals surface area (Å²) < 4.78 is 5.76. The van der Waals surface area contributed by atoms with Crippen LogP contribution in [0.15, 0.2) is 36.4 Å². The van der Waals surface area contributed by atoms with E-state index in [1.807, 2.05) is 58.0 Å². The zero-order valence-corrected chi connectivity index (χ0v) is 12.8. The smallest absolute Gasteiger partial charge is 0.261 e. The minimum absolute atomic E-state index is 0.00512. The number of hydrogen-bond acceptors (Lipinski definition) is 3. The van der Waals surface area contributed by atoms with Gasteiger partial charge in [-0.2, -0.15) is 0 Å². The van der Waals surface area contributed by atoms with E-state index in [0.717, 1.165) is 11.4 Å². The fourth-order valence-electron chi connectivity index (χ4n) is 2.13. The van der Waals surface area contributed by atoms with Gasteiger partial charge in [0.15, 0.2) is 0 Å². The number of carbonyl (C=O) groups is 1. The molecule has 0 radical (unpaired) electrons. The van der Waals surface area contributed by atoms with Gasteiger partial charge in [0.2, 0.25) is 0 Å². The number of amides is 1. The number of aryl methyl sites for hydroxylation is 2. The Bertz CT molecular complexity index is 637. The first-order valence-electron chi connectivity index (χ1n) is 6.98. The van der Waals surface area contributed by atoms with E-state index in [-0.39, 0.29) is 12.0 Å². The molecule has 1 aromatic heterocycles. The van der Waals surface area contributed by atoms with Gasteiger partial charge in [-0.05, 0) is 39.8 Å². The van der Waals surface area contributed by atoms with Crippen molar-refractivity contribution in [3.05, 3.63) is 53.3 Å². The van der Waals surface area contributed by atoms with E-state index in [1.54, 1.807) is 6.07 Å². The molecule has 0 spiro atoms. The Labute approximate surface area is 125 Å². The monoisotopic (exact) mass is 284 g/mol. The third-order valence-corrected chi connectivity index (χ3v) is 2.91. The summed E-state index contributed by atoms with van der Waals surface area (Å²) in [6, 6.07) is 11.1. The van der Waals surface area contributed by atoms with E-state index in [9.17, 15) is 4.79 Å². The number of pyridine rings is 1. The first-order chi connectivity index (χ1) is 9.97. The molecule has 1 N–H and O–H groups in total. The summed E-state index contributed by atoms with van der Waals surface area (Å²) in [7, 11) is 0. The number of rotatable bonds is 4. The van der Waals surface area contributed by atoms with Crippen molar-refractivity contribution in [2.45, 2.75) is 33.8 Å². The first kappa shape index (κ1) is 15.0. The Kier molecular flexibility index (Phi) is 4.58. The van der Waals surface area contributed by atoms with E-state index in [4.69, 9.17) is 4.74 Å². The second kappa shape index (κ2) is 6.39. The highest BCUT2D eigenvalue weighted by Gasteiger charge is 2.18. The van der Waals surface area contributed by atoms with Crippen molar-refractivity contribution in [3.63, 3.8) is 0 Å². The van der Waals surface area contributed by atoms with Crippen molar-refractivity contribution in [2.24, 2.45) is 0 Å². The highest BCUT2D eigenvalue weighted by atomic mass is 16.5. The molecule has 21 heavy (non-hydrogen) atoms. The van der Waals surface area contributed by atoms with E-state index in [0.29, 0.717) is 17.0 Å². The highest BCUT2D eigenvalue weighted by Crippen LogP contribution is 2.24. The zero-order valence-electron chi connectivity index (χ0n) is 12.8. The van der Waals surface area contributed by atoms with Crippen LogP contribution in [0.5, 0.6) is 5.75 Å². The van der Waals surface area contributed by atoms with E-state index < -0.39 is 0 Å². The van der Waals surface area contributed by atoms with Crippen LogP contribution in [0, 0.1) is 13.8 Å². The molecular weight excluding hydrogens is 264 g/mol. The molecule has 0 aliphatic heterocycles. The van der Waals surface area contributed by atoms with E-state index in [1.165, 1.54) is 0 Å². The van der Waals surface area contributed by atoms with Gasteiger partial charge in [0.25, 0.3) is 5.91 Å². The molecule has 0 bridgehead atoms. The minimum atomic E-state index is -0.207. The maximum absolute atomic E-state index is 12.5. The molecule has 0 saturated carbocycles. The number of para-hydroxylation sites is 1. The molecule has 1 amide bonds. The fourth-order valence-corrected chi connectivity index (χ4v) is 2.13. The summed E-state index contributed by atoms with van der Waals surface area (Å²) in [6.45, 7) is 7.58. The fraction of sp³-hybridized carbons (Fsp3) is 0.294. The van der Waals surface area contributed by atoms with Gasteiger partial charge in [-0.15, -0.1) is 0 Å². The quantitative estimate of drug-likeness (QED) is 0.930. The van der Waals surface area contributed by atoms with Crippen LogP contribution in [0.1, 0.15) is 35.6 Å². The zero-order chi connectivity index (χ0) is 15.4. The Morgan fingerprint density at radius 1 is 1.19 bits per heavy atom. The van der Waals surface area contributed by atoms with Gasteiger partial charge in [-0.25, -0.2) is 0 Å². The molecule has 2 aromatic rings. The van der Waals surface area contributed by atoms with Crippen LogP contribution >= 0.6 is 0 Å². The van der Waals surface area contributed by atoms with Crippen molar-refractivity contribution in [1.29, 1.82) is 0 Å². The van der Waals surface area contributed by atoms with Crippen LogP contribution in [0.4, 0.5) is 5.69 Å². The van der Waals surface area contributed by atoms with Gasteiger partial charge in [-0.1, -0.05) is 18.2 Å². The van der Waals surface area contributed by atoms with E-state index >= 15 is 0 Å². The van der Waals surface area contributed by atoms with Crippen LogP contribution in [0.3, 0.4) is 0 Å². The molecule has 0 saturated heterocycles. The predicted molar refractivity (Wildman–Crippen MR) is 83.9 cm³/mol. The number of anilines is 1. The summed E-state index contributed by atoms with van der Waals surface area (Å²) in [5.41, 5.74) is 2.73. The first-order valence-corrected chi connectivity index (χ1v) is 6.98. The lowest BCUT2D eigenvalue weighted by Gasteiger charge is -2.16. The van der Waals surface area contributed by atoms with Gasteiger partial charge in [0.1, 0.15) is 11.3 Å². The standard InChI is InChI=1S/C17H20N2O2/c1-11(2)21-15-10-12(3)18-13(4)16(15)17(20)19-14-8-6-5-7-9-14/h5-11H,1-4H3,(H,19,20). The molecule has 2 rings (SSSR count). The lowest BCUT2D eigenvalue weighted by molar-refractivity contribution is 0.102. The average Bonchev–Trinajstić information content (AvgIpc) is 2.38. The van der Waals surface area contributed by atoms with Crippen molar-refractivity contribution < 1.29 is 9.53 Å². The molecule has 0 aliphatic rings. The van der Waals surface area contributed by atoms with Crippen molar-refractivity contribution in [2.75, 3.05) is 5.32 Å². The maximum atomic E-state index is 12.5. The minimum Gasteiger partial charge on any atom is -0.490 e. The third kappa shape index (κ3) is 3.81. The number of benzene rings is 1. The molecule has 0 fully saturated rings. The summed E-state index contributed by atoms with van der Waals surface area (Å²) in [6.07, 6.45) is -0.00512. The summed E-state index contributed by atoms with van der Waals surface area (Å²) in [5, 5.41) is 2.87. The van der Waals surface area contributed by atoms with Crippen molar-refractivity contribution in [3.8, 4) is 5.75 Å². The van der Waals surface area contributed by atoms with Gasteiger partial charge < -0.3 is 10.1 Å². The van der Waals surface area contributed by atoms with Gasteiger partial charge in [0.05, 0.1) is 11.8 Å². The number of aromatic nitrogens is 1. The molecule has 0 aliphatic carbocycles. The van der Waals surface area contributed by atoms with Gasteiger partial charge >= 0.3 is 0 Å². The van der Waals surface area contributed by atoms with Crippen LogP contribution in [0.25, 0.3) is 0 Å². The van der Waals surface area contributed by atoms with Crippen molar-refractivity contribution in [1.82, 2.24) is 4.98 Å². The second-order valence-corrected chi connectivity index (χ2v) is 5.21. The Balaban J connectivity index is 2.35. The molecule has 1 aromatic carbocycles. The lowest BCUT2D eigenvalue weighted by Crippen LogP contribution is -2.18. The molecule has 0 atom stereocenters. The summed E-state index contributed by atoms with van der Waals surface area (Å²) >= 11 is 0. The number of nitrogens with one attached hydrogen (secondary N) is 1. The molecule has 110 valence electrons. The SMILES string of the molecule is Cc1cc(OC(C)C)c(C(=O)Nc2ccccc2)c(C)n1. The molecule has 4 heteroatoms. The van der Waals surface area contributed by atoms with Gasteiger partial charge in [0, 0.05) is 17.4 Å². The third-order valence-electron chi connectivity index (χ3n) is 2.91. The maximum Gasteiger partial charge on any atom is 0.261 e. The molecule has 1 heterocycles. The summed E-state index contributed by atoms with van der Waals surface area (Å²) in [4.78, 5) is 16.9. The average molecular weight is 284 g/mol. The molecule has 0 unspecified atom stereocenters. The molecular formula is C17H20N2O2. The number of ether oxygens (including phenoxy) is 1. The Hall–Kier alpha value is -2.36. The summed E-state index contributed by atoms with van der Waals surface area (Å²) in [5.74, 6) is 0.366. The van der Waals surface area contributed by atoms with Crippen LogP contribution in [-0.2, 0) is 0 Å². The highest BCUT2D eigenvalue weighted by molar-refractivity contribution is 6.07. The van der Waals surface area contributed by atoms with Crippen LogP contribution < -0.4 is 10.1 Å². The number of carbonyl (C=O) groups excluding carboxylic acids is 1. The normalized spacial score (nSPS) is 10.5. The van der Waals surface area contributed by atoms with Gasteiger partial charge in [-0.3, -0.25) is 9.78 Å². The lowest BCUT2D eigenvalue weighted by atomic mass is 10.1.